The normalized spacial score (nSPS) is 22.3. The quantitative estimate of drug-likeness (QED) is 0.746. The standard InChI is InChI=1S/C15H19ClN2O3/c16-12-8-9(6-7-10(12)14(17)19)18-13-5-3-1-2-4-11(13)15(20)21/h6-8,11,13,18H,1-5H2,(H2,17,19)(H,20,21). The van der Waals surface area contributed by atoms with Crippen LogP contribution in [-0.4, -0.2) is 23.0 Å². The number of primary amides is 1. The zero-order valence-corrected chi connectivity index (χ0v) is 12.4. The lowest BCUT2D eigenvalue weighted by molar-refractivity contribution is -0.142. The molecule has 4 N–H and O–H groups in total. The summed E-state index contributed by atoms with van der Waals surface area (Å²) in [5.74, 6) is -1.75. The highest BCUT2D eigenvalue weighted by Gasteiger charge is 2.29. The van der Waals surface area contributed by atoms with Crippen molar-refractivity contribution in [2.24, 2.45) is 11.7 Å². The van der Waals surface area contributed by atoms with E-state index in [0.717, 1.165) is 25.7 Å². The molecule has 21 heavy (non-hydrogen) atoms. The number of carbonyl (C=O) groups is 2. The predicted octanol–water partition coefficient (Wildman–Crippen LogP) is 2.88. The Morgan fingerprint density at radius 2 is 1.95 bits per heavy atom. The minimum Gasteiger partial charge on any atom is -0.481 e. The molecule has 0 heterocycles. The summed E-state index contributed by atoms with van der Waals surface area (Å²) in [4.78, 5) is 22.5. The fourth-order valence-corrected chi connectivity index (χ4v) is 3.07. The third-order valence-electron chi connectivity index (χ3n) is 3.92. The van der Waals surface area contributed by atoms with Crippen LogP contribution in [0.15, 0.2) is 18.2 Å². The average Bonchev–Trinajstić information content (AvgIpc) is 2.63. The highest BCUT2D eigenvalue weighted by Crippen LogP contribution is 2.28. The van der Waals surface area contributed by atoms with Gasteiger partial charge in [0.1, 0.15) is 0 Å². The molecular formula is C15H19ClN2O3. The predicted molar refractivity (Wildman–Crippen MR) is 81.6 cm³/mol. The number of hydrogen-bond acceptors (Lipinski definition) is 3. The smallest absolute Gasteiger partial charge is 0.308 e. The van der Waals surface area contributed by atoms with E-state index in [-0.39, 0.29) is 16.6 Å². The van der Waals surface area contributed by atoms with Crippen LogP contribution in [0.2, 0.25) is 5.02 Å². The lowest BCUT2D eigenvalue weighted by Gasteiger charge is -2.24. The number of hydrogen-bond donors (Lipinski definition) is 3. The van der Waals surface area contributed by atoms with Crippen LogP contribution in [0.5, 0.6) is 0 Å². The van der Waals surface area contributed by atoms with E-state index in [2.05, 4.69) is 5.32 Å². The molecule has 0 spiro atoms. The molecule has 114 valence electrons. The van der Waals surface area contributed by atoms with Gasteiger partial charge in [0, 0.05) is 11.7 Å². The number of nitrogens with two attached hydrogens (primary N) is 1. The van der Waals surface area contributed by atoms with E-state index >= 15 is 0 Å². The van der Waals surface area contributed by atoms with Gasteiger partial charge in [-0.2, -0.15) is 0 Å². The van der Waals surface area contributed by atoms with Gasteiger partial charge in [0.2, 0.25) is 5.91 Å². The minimum atomic E-state index is -0.769. The van der Waals surface area contributed by atoms with Crippen LogP contribution >= 0.6 is 11.6 Å². The minimum absolute atomic E-state index is 0.125. The van der Waals surface area contributed by atoms with Gasteiger partial charge in [-0.05, 0) is 31.0 Å². The zero-order valence-electron chi connectivity index (χ0n) is 11.6. The van der Waals surface area contributed by atoms with Crippen molar-refractivity contribution in [3.8, 4) is 0 Å². The Morgan fingerprint density at radius 3 is 2.57 bits per heavy atom. The van der Waals surface area contributed by atoms with Crippen molar-refractivity contribution in [3.05, 3.63) is 28.8 Å². The van der Waals surface area contributed by atoms with Crippen LogP contribution in [0.1, 0.15) is 42.5 Å². The number of carboxylic acids is 1. The highest BCUT2D eigenvalue weighted by molar-refractivity contribution is 6.34. The van der Waals surface area contributed by atoms with E-state index in [0.29, 0.717) is 12.1 Å². The van der Waals surface area contributed by atoms with Crippen LogP contribution in [0.25, 0.3) is 0 Å². The molecule has 0 aromatic heterocycles. The summed E-state index contributed by atoms with van der Waals surface area (Å²) in [6, 6.07) is 4.75. The van der Waals surface area contributed by atoms with Gasteiger partial charge < -0.3 is 16.2 Å². The number of rotatable bonds is 4. The Balaban J connectivity index is 2.16. The SMILES string of the molecule is NC(=O)c1ccc(NC2CCCCCC2C(=O)O)cc1Cl. The number of anilines is 1. The van der Waals surface area contributed by atoms with Crippen LogP contribution in [0.3, 0.4) is 0 Å². The van der Waals surface area contributed by atoms with Crippen LogP contribution in [0.4, 0.5) is 5.69 Å². The summed E-state index contributed by atoms with van der Waals surface area (Å²) in [5.41, 5.74) is 6.18. The largest absolute Gasteiger partial charge is 0.481 e. The molecule has 2 atom stereocenters. The molecule has 0 bridgehead atoms. The fourth-order valence-electron chi connectivity index (χ4n) is 2.79. The molecule has 1 aliphatic rings. The molecular weight excluding hydrogens is 292 g/mol. The van der Waals surface area contributed by atoms with E-state index in [4.69, 9.17) is 17.3 Å². The Kier molecular flexibility index (Phi) is 5.07. The first-order chi connectivity index (χ1) is 9.99. The Hall–Kier alpha value is -1.75. The second-order valence-corrected chi connectivity index (χ2v) is 5.80. The Labute approximate surface area is 128 Å². The van der Waals surface area contributed by atoms with Gasteiger partial charge in [0.05, 0.1) is 16.5 Å². The van der Waals surface area contributed by atoms with Crippen molar-refractivity contribution in [1.29, 1.82) is 0 Å². The maximum atomic E-state index is 11.4. The second kappa shape index (κ2) is 6.80. The summed E-state index contributed by atoms with van der Waals surface area (Å²) < 4.78 is 0. The highest BCUT2D eigenvalue weighted by atomic mass is 35.5. The van der Waals surface area contributed by atoms with Gasteiger partial charge in [-0.25, -0.2) is 0 Å². The summed E-state index contributed by atoms with van der Waals surface area (Å²) >= 11 is 6.02. The van der Waals surface area contributed by atoms with Crippen LogP contribution in [0, 0.1) is 5.92 Å². The molecule has 1 aromatic rings. The lowest BCUT2D eigenvalue weighted by Crippen LogP contribution is -2.33. The molecule has 1 amide bonds. The van der Waals surface area contributed by atoms with E-state index in [1.165, 1.54) is 0 Å². The van der Waals surface area contributed by atoms with E-state index in [9.17, 15) is 14.7 Å². The summed E-state index contributed by atoms with van der Waals surface area (Å²) in [7, 11) is 0. The number of carboxylic acid groups (broad SMARTS) is 1. The van der Waals surface area contributed by atoms with Crippen LogP contribution < -0.4 is 11.1 Å². The number of benzene rings is 1. The number of halogens is 1. The first-order valence-corrected chi connectivity index (χ1v) is 7.45. The number of amides is 1. The van der Waals surface area contributed by atoms with Crippen molar-refractivity contribution in [1.82, 2.24) is 0 Å². The maximum absolute atomic E-state index is 11.4. The summed E-state index contributed by atoms with van der Waals surface area (Å²) in [6.45, 7) is 0. The van der Waals surface area contributed by atoms with Gasteiger partial charge >= 0.3 is 5.97 Å². The van der Waals surface area contributed by atoms with Crippen molar-refractivity contribution < 1.29 is 14.7 Å². The number of aliphatic carboxylic acids is 1. The average molecular weight is 311 g/mol. The maximum Gasteiger partial charge on any atom is 0.308 e. The third-order valence-corrected chi connectivity index (χ3v) is 4.23. The molecule has 1 aromatic carbocycles. The van der Waals surface area contributed by atoms with Crippen molar-refractivity contribution in [2.75, 3.05) is 5.32 Å². The first-order valence-electron chi connectivity index (χ1n) is 7.07. The summed E-state index contributed by atoms with van der Waals surface area (Å²) in [5, 5.41) is 12.9. The van der Waals surface area contributed by atoms with E-state index < -0.39 is 17.8 Å². The zero-order chi connectivity index (χ0) is 15.4. The van der Waals surface area contributed by atoms with Gasteiger partial charge in [0.15, 0.2) is 0 Å². The van der Waals surface area contributed by atoms with Crippen molar-refractivity contribution >= 4 is 29.2 Å². The molecule has 6 heteroatoms. The van der Waals surface area contributed by atoms with Crippen molar-refractivity contribution in [2.45, 2.75) is 38.1 Å². The Bertz CT molecular complexity index is 548. The molecule has 1 aliphatic carbocycles. The molecule has 2 rings (SSSR count). The molecule has 0 radical (unpaired) electrons. The van der Waals surface area contributed by atoms with Crippen molar-refractivity contribution in [3.63, 3.8) is 0 Å². The number of nitrogens with one attached hydrogen (secondary N) is 1. The van der Waals surface area contributed by atoms with Crippen LogP contribution in [-0.2, 0) is 4.79 Å². The fraction of sp³-hybridized carbons (Fsp3) is 0.467. The molecule has 1 fully saturated rings. The van der Waals surface area contributed by atoms with Gasteiger partial charge in [0.25, 0.3) is 0 Å². The molecule has 0 aliphatic heterocycles. The Morgan fingerprint density at radius 1 is 1.24 bits per heavy atom. The monoisotopic (exact) mass is 310 g/mol. The lowest BCUT2D eigenvalue weighted by atomic mass is 9.94. The third kappa shape index (κ3) is 3.88. The van der Waals surface area contributed by atoms with E-state index in [1.807, 2.05) is 0 Å². The van der Waals surface area contributed by atoms with Gasteiger partial charge in [-0.1, -0.05) is 30.9 Å². The summed E-state index contributed by atoms with van der Waals surface area (Å²) in [6.07, 6.45) is 4.50. The molecule has 0 saturated heterocycles. The molecule has 2 unspecified atom stereocenters. The topological polar surface area (TPSA) is 92.4 Å². The number of carbonyl (C=O) groups excluding carboxylic acids is 1. The molecule has 5 nitrogen and oxygen atoms in total. The second-order valence-electron chi connectivity index (χ2n) is 5.39. The van der Waals surface area contributed by atoms with E-state index in [1.54, 1.807) is 18.2 Å². The molecule has 1 saturated carbocycles. The van der Waals surface area contributed by atoms with Gasteiger partial charge in [-0.15, -0.1) is 0 Å². The van der Waals surface area contributed by atoms with Gasteiger partial charge in [-0.3, -0.25) is 9.59 Å². The first kappa shape index (κ1) is 15.6.